The third-order valence-electron chi connectivity index (χ3n) is 4.32. The number of rotatable bonds is 6. The van der Waals surface area contributed by atoms with E-state index in [-0.39, 0.29) is 21.7 Å². The monoisotopic (exact) mass is 424 g/mol. The molecule has 4 aromatic rings. The maximum Gasteiger partial charge on any atom is 0.234 e. The predicted molar refractivity (Wildman–Crippen MR) is 113 cm³/mol. The van der Waals surface area contributed by atoms with Gasteiger partial charge in [0.25, 0.3) is 0 Å². The molecule has 3 aromatic carbocycles. The second kappa shape index (κ2) is 8.11. The standard InChI is InChI=1S/C22H17ClN2O3S/c23-19-14-8-7-11-17(19)15-24-21-22(29(26,27)18-12-5-2-6-13-18)25-20(28-21)16-9-3-1-4-10-16/h1-14,24H,15H2. The summed E-state index contributed by atoms with van der Waals surface area (Å²) in [4.78, 5) is 4.46. The fraction of sp³-hybridized carbons (Fsp3) is 0.0455. The highest BCUT2D eigenvalue weighted by molar-refractivity contribution is 7.91. The lowest BCUT2D eigenvalue weighted by atomic mass is 10.2. The van der Waals surface area contributed by atoms with Crippen LogP contribution in [0.1, 0.15) is 5.56 Å². The van der Waals surface area contributed by atoms with Crippen LogP contribution in [0.25, 0.3) is 11.5 Å². The lowest BCUT2D eigenvalue weighted by molar-refractivity contribution is 0.577. The highest BCUT2D eigenvalue weighted by atomic mass is 35.5. The fourth-order valence-corrected chi connectivity index (χ4v) is 4.33. The number of sulfone groups is 1. The number of nitrogens with zero attached hydrogens (tertiary/aromatic N) is 1. The van der Waals surface area contributed by atoms with Gasteiger partial charge in [-0.1, -0.05) is 66.2 Å². The largest absolute Gasteiger partial charge is 0.419 e. The Labute approximate surface area is 173 Å². The molecule has 0 unspecified atom stereocenters. The number of anilines is 1. The van der Waals surface area contributed by atoms with Crippen LogP contribution in [0.3, 0.4) is 0 Å². The smallest absolute Gasteiger partial charge is 0.234 e. The van der Waals surface area contributed by atoms with Crippen LogP contribution in [0.5, 0.6) is 0 Å². The minimum Gasteiger partial charge on any atom is -0.419 e. The first-order valence-electron chi connectivity index (χ1n) is 8.89. The van der Waals surface area contributed by atoms with E-state index in [0.29, 0.717) is 17.1 Å². The number of oxazole rings is 1. The molecule has 7 heteroatoms. The van der Waals surface area contributed by atoms with Crippen molar-refractivity contribution in [2.45, 2.75) is 16.5 Å². The van der Waals surface area contributed by atoms with E-state index >= 15 is 0 Å². The number of aromatic nitrogens is 1. The van der Waals surface area contributed by atoms with Gasteiger partial charge in [0.1, 0.15) is 0 Å². The molecule has 0 aliphatic heterocycles. The van der Waals surface area contributed by atoms with Crippen molar-refractivity contribution in [1.82, 2.24) is 4.98 Å². The van der Waals surface area contributed by atoms with Gasteiger partial charge in [0.05, 0.1) is 4.90 Å². The van der Waals surface area contributed by atoms with Crippen molar-refractivity contribution < 1.29 is 12.8 Å². The normalized spacial score (nSPS) is 11.3. The molecule has 0 fully saturated rings. The Balaban J connectivity index is 1.76. The molecule has 0 bridgehead atoms. The summed E-state index contributed by atoms with van der Waals surface area (Å²) in [5.41, 5.74) is 1.50. The fourth-order valence-electron chi connectivity index (χ4n) is 2.83. The molecular formula is C22H17ClN2O3S. The van der Waals surface area contributed by atoms with Crippen LogP contribution in [0.2, 0.25) is 5.02 Å². The molecule has 1 heterocycles. The first kappa shape index (κ1) is 19.2. The molecule has 0 atom stereocenters. The van der Waals surface area contributed by atoms with Crippen molar-refractivity contribution in [3.63, 3.8) is 0 Å². The second-order valence-corrected chi connectivity index (χ2v) is 8.55. The summed E-state index contributed by atoms with van der Waals surface area (Å²) in [7, 11) is -3.87. The van der Waals surface area contributed by atoms with E-state index in [4.69, 9.17) is 16.0 Å². The zero-order valence-electron chi connectivity index (χ0n) is 15.2. The molecule has 0 aliphatic carbocycles. The Morgan fingerprint density at radius 1 is 0.862 bits per heavy atom. The van der Waals surface area contributed by atoms with Crippen molar-refractivity contribution in [3.05, 3.63) is 95.5 Å². The minimum atomic E-state index is -3.87. The van der Waals surface area contributed by atoms with Crippen LogP contribution >= 0.6 is 11.6 Å². The molecule has 0 radical (unpaired) electrons. The maximum atomic E-state index is 13.2. The number of benzene rings is 3. The maximum absolute atomic E-state index is 13.2. The number of hydrogen-bond acceptors (Lipinski definition) is 5. The summed E-state index contributed by atoms with van der Waals surface area (Å²) in [6.45, 7) is 0.292. The Morgan fingerprint density at radius 3 is 2.17 bits per heavy atom. The van der Waals surface area contributed by atoms with Gasteiger partial charge in [-0.25, -0.2) is 8.42 Å². The molecule has 0 amide bonds. The van der Waals surface area contributed by atoms with E-state index in [1.54, 1.807) is 24.3 Å². The SMILES string of the molecule is O=S(=O)(c1ccccc1)c1nc(-c2ccccc2)oc1NCc1ccccc1Cl. The Morgan fingerprint density at radius 2 is 1.48 bits per heavy atom. The van der Waals surface area contributed by atoms with Crippen molar-refractivity contribution in [2.75, 3.05) is 5.32 Å². The summed E-state index contributed by atoms with van der Waals surface area (Å²) in [6.07, 6.45) is 0. The third kappa shape index (κ3) is 4.04. The van der Waals surface area contributed by atoms with E-state index in [0.717, 1.165) is 5.56 Å². The van der Waals surface area contributed by atoms with Gasteiger partial charge in [-0.05, 0) is 35.9 Å². The molecule has 0 aliphatic rings. The van der Waals surface area contributed by atoms with Crippen molar-refractivity contribution in [3.8, 4) is 11.5 Å². The summed E-state index contributed by atoms with van der Waals surface area (Å²) < 4.78 is 32.2. The molecule has 29 heavy (non-hydrogen) atoms. The highest BCUT2D eigenvalue weighted by Crippen LogP contribution is 2.32. The second-order valence-electron chi connectivity index (χ2n) is 6.28. The van der Waals surface area contributed by atoms with Crippen LogP contribution in [-0.4, -0.2) is 13.4 Å². The van der Waals surface area contributed by atoms with Crippen molar-refractivity contribution in [2.24, 2.45) is 0 Å². The van der Waals surface area contributed by atoms with Gasteiger partial charge in [0.2, 0.25) is 26.6 Å². The van der Waals surface area contributed by atoms with Crippen molar-refractivity contribution >= 4 is 27.3 Å². The van der Waals surface area contributed by atoms with Gasteiger partial charge in [-0.15, -0.1) is 0 Å². The molecule has 1 aromatic heterocycles. The van der Waals surface area contributed by atoms with Gasteiger partial charge in [0.15, 0.2) is 0 Å². The highest BCUT2D eigenvalue weighted by Gasteiger charge is 2.28. The van der Waals surface area contributed by atoms with Gasteiger partial charge in [0, 0.05) is 17.1 Å². The van der Waals surface area contributed by atoms with E-state index in [1.807, 2.05) is 48.5 Å². The van der Waals surface area contributed by atoms with Crippen LogP contribution in [-0.2, 0) is 16.4 Å². The van der Waals surface area contributed by atoms with Gasteiger partial charge in [-0.2, -0.15) is 4.98 Å². The van der Waals surface area contributed by atoms with Crippen LogP contribution in [0.4, 0.5) is 5.88 Å². The van der Waals surface area contributed by atoms with Crippen LogP contribution in [0.15, 0.2) is 99.3 Å². The summed E-state index contributed by atoms with van der Waals surface area (Å²) in [5, 5.41) is 3.46. The molecule has 0 saturated heterocycles. The molecule has 1 N–H and O–H groups in total. The quantitative estimate of drug-likeness (QED) is 0.446. The van der Waals surface area contributed by atoms with Crippen molar-refractivity contribution in [1.29, 1.82) is 0 Å². The minimum absolute atomic E-state index is 0.0765. The number of nitrogens with one attached hydrogen (secondary N) is 1. The molecule has 5 nitrogen and oxygen atoms in total. The molecule has 0 saturated carbocycles. The van der Waals surface area contributed by atoms with Crippen LogP contribution < -0.4 is 5.32 Å². The molecule has 0 spiro atoms. The zero-order valence-corrected chi connectivity index (χ0v) is 16.8. The average molecular weight is 425 g/mol. The van der Waals surface area contributed by atoms with E-state index in [2.05, 4.69) is 10.3 Å². The van der Waals surface area contributed by atoms with Crippen LogP contribution in [0, 0.1) is 0 Å². The average Bonchev–Trinajstić information content (AvgIpc) is 3.20. The molecular weight excluding hydrogens is 408 g/mol. The Hall–Kier alpha value is -3.09. The van der Waals surface area contributed by atoms with E-state index in [9.17, 15) is 8.42 Å². The number of hydrogen-bond donors (Lipinski definition) is 1. The van der Waals surface area contributed by atoms with Gasteiger partial charge >= 0.3 is 0 Å². The van der Waals surface area contributed by atoms with Gasteiger partial charge < -0.3 is 9.73 Å². The van der Waals surface area contributed by atoms with E-state index in [1.165, 1.54) is 12.1 Å². The molecule has 146 valence electrons. The topological polar surface area (TPSA) is 72.2 Å². The Bertz CT molecular complexity index is 1220. The van der Waals surface area contributed by atoms with Gasteiger partial charge in [-0.3, -0.25) is 0 Å². The zero-order chi connectivity index (χ0) is 20.3. The molecule has 4 rings (SSSR count). The first-order valence-corrected chi connectivity index (χ1v) is 10.8. The Kier molecular flexibility index (Phi) is 5.38. The third-order valence-corrected chi connectivity index (χ3v) is 6.37. The summed E-state index contributed by atoms with van der Waals surface area (Å²) in [5.74, 6) is 0.300. The number of halogens is 1. The summed E-state index contributed by atoms with van der Waals surface area (Å²) in [6, 6.07) is 24.6. The van der Waals surface area contributed by atoms with E-state index < -0.39 is 9.84 Å². The lowest BCUT2D eigenvalue weighted by Crippen LogP contribution is -2.07. The summed E-state index contributed by atoms with van der Waals surface area (Å²) >= 11 is 6.21. The predicted octanol–water partition coefficient (Wildman–Crippen LogP) is 5.44. The first-order chi connectivity index (χ1) is 14.1. The lowest BCUT2D eigenvalue weighted by Gasteiger charge is -2.07.